The van der Waals surface area contributed by atoms with Crippen LogP contribution in [0.3, 0.4) is 0 Å². The van der Waals surface area contributed by atoms with Crippen LogP contribution >= 0.6 is 0 Å². The van der Waals surface area contributed by atoms with Crippen molar-refractivity contribution in [1.29, 1.82) is 0 Å². The van der Waals surface area contributed by atoms with E-state index in [1.54, 1.807) is 29.2 Å². The number of amides is 1. The van der Waals surface area contributed by atoms with E-state index in [9.17, 15) is 9.90 Å². The summed E-state index contributed by atoms with van der Waals surface area (Å²) in [4.78, 5) is 20.8. The second kappa shape index (κ2) is 13.9. The molecule has 12 heteroatoms. The second-order valence-corrected chi connectivity index (χ2v) is 12.5. The number of nitrogens with two attached hydrogens (primary N) is 1. The third-order valence-electron chi connectivity index (χ3n) is 9.53. The molecule has 7 rings (SSSR count). The van der Waals surface area contributed by atoms with Crippen LogP contribution in [0.1, 0.15) is 18.4 Å². The number of piperazine rings is 2. The minimum Gasteiger partial charge on any atom is -0.507 e. The van der Waals surface area contributed by atoms with Crippen molar-refractivity contribution in [2.45, 2.75) is 31.5 Å². The number of hydrogen-bond donors (Lipinski definition) is 2. The van der Waals surface area contributed by atoms with Crippen molar-refractivity contribution in [3.8, 4) is 22.8 Å². The Morgan fingerprint density at radius 2 is 1.62 bits per heavy atom. The van der Waals surface area contributed by atoms with Crippen molar-refractivity contribution in [3.05, 3.63) is 90.2 Å². The average Bonchev–Trinajstić information content (AvgIpc) is 3.37. The van der Waals surface area contributed by atoms with Crippen LogP contribution in [0, 0.1) is 5.82 Å². The highest BCUT2D eigenvalue weighted by Gasteiger charge is 2.42. The van der Waals surface area contributed by atoms with Crippen molar-refractivity contribution in [2.75, 3.05) is 68.0 Å². The first-order valence-corrected chi connectivity index (χ1v) is 16.5. The molecule has 4 heterocycles. The Bertz CT molecular complexity index is 1720. The van der Waals surface area contributed by atoms with Gasteiger partial charge in [0.1, 0.15) is 19.0 Å². The Balaban J connectivity index is 0.932. The lowest BCUT2D eigenvalue weighted by Crippen LogP contribution is -2.54. The molecule has 0 radical (unpaired) electrons. The number of nitrogen functional groups attached to an aromatic ring is 1. The Labute approximate surface area is 279 Å². The third-order valence-corrected chi connectivity index (χ3v) is 9.53. The van der Waals surface area contributed by atoms with Crippen molar-refractivity contribution in [1.82, 2.24) is 20.0 Å². The number of nitrogens with zero attached hydrogens (tertiary/aromatic N) is 6. The molecule has 4 aromatic rings. The monoisotopic (exact) mass is 653 g/mol. The number of benzene rings is 3. The van der Waals surface area contributed by atoms with E-state index in [1.807, 2.05) is 54.6 Å². The number of aromatic hydroxyl groups is 1. The maximum Gasteiger partial charge on any atom is 0.410 e. The van der Waals surface area contributed by atoms with E-state index >= 15 is 4.39 Å². The van der Waals surface area contributed by atoms with Crippen LogP contribution in [-0.2, 0) is 11.3 Å². The van der Waals surface area contributed by atoms with E-state index in [0.717, 1.165) is 24.1 Å². The lowest BCUT2D eigenvalue weighted by atomic mass is 10.1. The Morgan fingerprint density at radius 3 is 2.38 bits per heavy atom. The normalized spacial score (nSPS) is 19.4. The van der Waals surface area contributed by atoms with Crippen molar-refractivity contribution < 1.29 is 23.8 Å². The van der Waals surface area contributed by atoms with E-state index < -0.39 is 0 Å². The van der Waals surface area contributed by atoms with Gasteiger partial charge in [-0.05, 0) is 48.7 Å². The maximum atomic E-state index is 16.0. The van der Waals surface area contributed by atoms with Crippen molar-refractivity contribution in [2.24, 2.45) is 0 Å². The van der Waals surface area contributed by atoms with Crippen LogP contribution < -0.4 is 20.3 Å². The molecule has 2 bridgehead atoms. The van der Waals surface area contributed by atoms with Crippen LogP contribution in [-0.4, -0.2) is 95.7 Å². The number of para-hydroxylation sites is 1. The van der Waals surface area contributed by atoms with E-state index in [0.29, 0.717) is 75.2 Å². The van der Waals surface area contributed by atoms with Crippen molar-refractivity contribution >= 4 is 23.3 Å². The molecule has 1 amide bonds. The topological polar surface area (TPSA) is 121 Å². The summed E-state index contributed by atoms with van der Waals surface area (Å²) in [6, 6.07) is 24.1. The summed E-state index contributed by atoms with van der Waals surface area (Å²) >= 11 is 0. The molecule has 0 spiro atoms. The fourth-order valence-electron chi connectivity index (χ4n) is 7.02. The fraction of sp³-hybridized carbons (Fsp3) is 0.361. The zero-order valence-electron chi connectivity index (χ0n) is 26.7. The van der Waals surface area contributed by atoms with E-state index in [-0.39, 0.29) is 42.1 Å². The quantitative estimate of drug-likeness (QED) is 0.262. The number of fused-ring (bicyclic) bond motifs is 2. The van der Waals surface area contributed by atoms with Crippen LogP contribution in [0.4, 0.5) is 26.4 Å². The van der Waals surface area contributed by atoms with Gasteiger partial charge >= 0.3 is 6.09 Å². The Hall–Kier alpha value is -5.10. The maximum absolute atomic E-state index is 16.0. The molecule has 3 aromatic carbocycles. The Kier molecular flexibility index (Phi) is 9.15. The molecule has 3 N–H and O–H groups in total. The van der Waals surface area contributed by atoms with Gasteiger partial charge in [-0.2, -0.15) is 0 Å². The third kappa shape index (κ3) is 6.66. The van der Waals surface area contributed by atoms with Crippen LogP contribution in [0.15, 0.2) is 78.9 Å². The summed E-state index contributed by atoms with van der Waals surface area (Å²) in [7, 11) is 0. The summed E-state index contributed by atoms with van der Waals surface area (Å²) in [5.41, 5.74) is 9.71. The fourth-order valence-corrected chi connectivity index (χ4v) is 7.02. The highest BCUT2D eigenvalue weighted by atomic mass is 19.1. The zero-order chi connectivity index (χ0) is 33.0. The van der Waals surface area contributed by atoms with Gasteiger partial charge in [0.15, 0.2) is 17.4 Å². The molecule has 1 aromatic heterocycles. The van der Waals surface area contributed by atoms with Gasteiger partial charge in [0, 0.05) is 63.5 Å². The molecule has 3 fully saturated rings. The molecule has 0 unspecified atom stereocenters. The van der Waals surface area contributed by atoms with Crippen LogP contribution in [0.5, 0.6) is 11.5 Å². The van der Waals surface area contributed by atoms with Gasteiger partial charge in [-0.1, -0.05) is 48.5 Å². The van der Waals surface area contributed by atoms with Gasteiger partial charge in [-0.3, -0.25) is 4.90 Å². The molecule has 3 aliphatic rings. The molecule has 3 aliphatic heterocycles. The van der Waals surface area contributed by atoms with Crippen LogP contribution in [0.25, 0.3) is 11.3 Å². The lowest BCUT2D eigenvalue weighted by Gasteiger charge is -2.43. The predicted molar refractivity (Wildman–Crippen MR) is 182 cm³/mol. The number of phenols is 1. The zero-order valence-corrected chi connectivity index (χ0v) is 26.7. The first kappa shape index (κ1) is 31.5. The number of carbonyl (C=O) groups is 1. The molecule has 0 saturated carbocycles. The number of aromatic nitrogens is 2. The minimum atomic E-state index is -0.347. The number of hydrogen-bond acceptors (Lipinski definition) is 10. The summed E-state index contributed by atoms with van der Waals surface area (Å²) < 4.78 is 27.4. The first-order valence-electron chi connectivity index (χ1n) is 16.5. The summed E-state index contributed by atoms with van der Waals surface area (Å²) in [6.45, 7) is 5.08. The van der Waals surface area contributed by atoms with Gasteiger partial charge in [0.25, 0.3) is 0 Å². The molecule has 250 valence electrons. The highest BCUT2D eigenvalue weighted by molar-refractivity contribution is 5.74. The van der Waals surface area contributed by atoms with Crippen LogP contribution in [0.2, 0.25) is 0 Å². The van der Waals surface area contributed by atoms with Gasteiger partial charge in [0.05, 0.1) is 17.1 Å². The number of halogens is 1. The number of rotatable bonds is 9. The largest absolute Gasteiger partial charge is 0.507 e. The molecule has 48 heavy (non-hydrogen) atoms. The van der Waals surface area contributed by atoms with E-state index in [2.05, 4.69) is 24.9 Å². The SMILES string of the molecule is Nc1nnc(-c2ccccc2O)cc1N1C[C@H]2CC[C@@H](C1)N2c1cccc(OCCN2CCN(C(=O)OCc3ccccc3)CC2)c1F. The highest BCUT2D eigenvalue weighted by Crippen LogP contribution is 2.41. The number of phenolic OH excluding ortho intramolecular Hbond substituents is 1. The number of carbonyl (C=O) groups excluding carboxylic acids is 1. The standard InChI is InChI=1S/C36H40FN7O4/c37-34-30(10-6-12-33(34)47-20-19-41-15-17-42(18-16-41)36(46)48-24-25-7-2-1-3-8-25)44-26-13-14-27(44)23-43(22-26)31-21-29(39-40-35(31)38)28-9-4-5-11-32(28)45/h1-12,21,26-27,45H,13-20,22-24H2,(H2,38,40)/t26-,27+. The lowest BCUT2D eigenvalue weighted by molar-refractivity contribution is 0.0682. The van der Waals surface area contributed by atoms with Gasteiger partial charge in [-0.25, -0.2) is 9.18 Å². The summed E-state index contributed by atoms with van der Waals surface area (Å²) in [5, 5.41) is 18.8. The Morgan fingerprint density at radius 1 is 0.896 bits per heavy atom. The van der Waals surface area contributed by atoms with E-state index in [4.69, 9.17) is 15.2 Å². The summed E-state index contributed by atoms with van der Waals surface area (Å²) in [5.74, 6) is 0.352. The molecular weight excluding hydrogens is 613 g/mol. The molecule has 2 atom stereocenters. The minimum absolute atomic E-state index is 0.0883. The average molecular weight is 654 g/mol. The predicted octanol–water partition coefficient (Wildman–Crippen LogP) is 4.76. The van der Waals surface area contributed by atoms with Crippen molar-refractivity contribution in [3.63, 3.8) is 0 Å². The number of anilines is 3. The first-order chi connectivity index (χ1) is 23.4. The molecule has 3 saturated heterocycles. The molecular formula is C36H40FN7O4. The van der Waals surface area contributed by atoms with Gasteiger partial charge < -0.3 is 35.0 Å². The second-order valence-electron chi connectivity index (χ2n) is 12.5. The molecule has 0 aliphatic carbocycles. The summed E-state index contributed by atoms with van der Waals surface area (Å²) in [6.07, 6.45) is 1.56. The molecule has 11 nitrogen and oxygen atoms in total. The van der Waals surface area contributed by atoms with Gasteiger partial charge in [-0.15, -0.1) is 10.2 Å². The van der Waals surface area contributed by atoms with Gasteiger partial charge in [0.2, 0.25) is 0 Å². The van der Waals surface area contributed by atoms with E-state index in [1.165, 1.54) is 0 Å². The smallest absolute Gasteiger partial charge is 0.410 e. The number of ether oxygens (including phenoxy) is 2.